The van der Waals surface area contributed by atoms with Crippen LogP contribution in [0.4, 0.5) is 0 Å². The Kier molecular flexibility index (Phi) is 4.88. The second kappa shape index (κ2) is 6.40. The number of amides is 1. The van der Waals surface area contributed by atoms with E-state index in [9.17, 15) is 9.59 Å². The highest BCUT2D eigenvalue weighted by Crippen LogP contribution is 2.07. The summed E-state index contributed by atoms with van der Waals surface area (Å²) in [7, 11) is 0. The number of carbonyl (C=O) groups is 2. The van der Waals surface area contributed by atoms with Gasteiger partial charge < -0.3 is 10.1 Å². The normalized spacial score (nSPS) is 11.2. The quantitative estimate of drug-likeness (QED) is 0.810. The molecule has 0 bridgehead atoms. The Hall–Kier alpha value is -2.35. The van der Waals surface area contributed by atoms with Crippen molar-refractivity contribution in [2.45, 2.75) is 20.0 Å². The molecular weight excluding hydrogens is 232 g/mol. The molecule has 1 atom stereocenters. The first-order valence-electron chi connectivity index (χ1n) is 5.57. The minimum atomic E-state index is -0.858. The van der Waals surface area contributed by atoms with E-state index in [0.717, 1.165) is 0 Å². The number of esters is 1. The van der Waals surface area contributed by atoms with Gasteiger partial charge in [0.15, 0.2) is 6.10 Å². The lowest BCUT2D eigenvalue weighted by atomic mass is 10.1. The Morgan fingerprint density at radius 2 is 2.22 bits per heavy atom. The molecule has 94 valence electrons. The highest BCUT2D eigenvalue weighted by atomic mass is 16.5. The fourth-order valence-corrected chi connectivity index (χ4v) is 1.32. The van der Waals surface area contributed by atoms with Crippen molar-refractivity contribution in [3.63, 3.8) is 0 Å². The van der Waals surface area contributed by atoms with Crippen LogP contribution in [0.3, 0.4) is 0 Å². The topological polar surface area (TPSA) is 79.2 Å². The predicted molar refractivity (Wildman–Crippen MR) is 64.7 cm³/mol. The lowest BCUT2D eigenvalue weighted by Crippen LogP contribution is -2.35. The number of nitriles is 1. The van der Waals surface area contributed by atoms with Gasteiger partial charge in [-0.05, 0) is 32.0 Å². The van der Waals surface area contributed by atoms with E-state index in [4.69, 9.17) is 10.00 Å². The van der Waals surface area contributed by atoms with Gasteiger partial charge in [0.05, 0.1) is 17.2 Å². The third kappa shape index (κ3) is 3.59. The number of rotatable bonds is 4. The van der Waals surface area contributed by atoms with Crippen molar-refractivity contribution in [2.24, 2.45) is 0 Å². The van der Waals surface area contributed by atoms with Crippen molar-refractivity contribution in [1.29, 1.82) is 5.26 Å². The Labute approximate surface area is 105 Å². The minimum absolute atomic E-state index is 0.255. The van der Waals surface area contributed by atoms with Gasteiger partial charge in [0, 0.05) is 6.54 Å². The smallest absolute Gasteiger partial charge is 0.338 e. The second-order valence-corrected chi connectivity index (χ2v) is 3.63. The standard InChI is InChI=1S/C13H14N2O3/c1-3-15-12(16)9(2)18-13(17)11-6-4-5-10(7-11)8-14/h4-7,9H,3H2,1-2H3,(H,15,16)/t9-/m1/s1. The molecule has 1 aromatic carbocycles. The molecule has 0 radical (unpaired) electrons. The molecule has 0 fully saturated rings. The molecule has 0 aliphatic carbocycles. The second-order valence-electron chi connectivity index (χ2n) is 3.63. The van der Waals surface area contributed by atoms with Crippen LogP contribution in [0, 0.1) is 11.3 Å². The lowest BCUT2D eigenvalue weighted by molar-refractivity contribution is -0.128. The van der Waals surface area contributed by atoms with E-state index >= 15 is 0 Å². The molecule has 1 rings (SSSR count). The van der Waals surface area contributed by atoms with Crippen LogP contribution in [0.5, 0.6) is 0 Å². The van der Waals surface area contributed by atoms with Gasteiger partial charge in [-0.3, -0.25) is 4.79 Å². The maximum Gasteiger partial charge on any atom is 0.338 e. The maximum atomic E-state index is 11.7. The number of nitrogens with one attached hydrogen (secondary N) is 1. The Bertz CT molecular complexity index is 491. The maximum absolute atomic E-state index is 11.7. The van der Waals surface area contributed by atoms with Crippen LogP contribution in [-0.4, -0.2) is 24.5 Å². The first-order valence-corrected chi connectivity index (χ1v) is 5.57. The zero-order valence-corrected chi connectivity index (χ0v) is 10.3. The number of hydrogen-bond donors (Lipinski definition) is 1. The van der Waals surface area contributed by atoms with Crippen LogP contribution in [-0.2, 0) is 9.53 Å². The number of likely N-dealkylation sites (N-methyl/N-ethyl adjacent to an activating group) is 1. The van der Waals surface area contributed by atoms with E-state index < -0.39 is 12.1 Å². The molecule has 18 heavy (non-hydrogen) atoms. The van der Waals surface area contributed by atoms with Crippen LogP contribution >= 0.6 is 0 Å². The lowest BCUT2D eigenvalue weighted by Gasteiger charge is -2.12. The molecule has 1 amide bonds. The van der Waals surface area contributed by atoms with Gasteiger partial charge in [0.25, 0.3) is 5.91 Å². The molecule has 5 nitrogen and oxygen atoms in total. The Morgan fingerprint density at radius 1 is 1.50 bits per heavy atom. The molecular formula is C13H14N2O3. The van der Waals surface area contributed by atoms with Crippen molar-refractivity contribution in [1.82, 2.24) is 5.32 Å². The summed E-state index contributed by atoms with van der Waals surface area (Å²) in [4.78, 5) is 23.1. The first kappa shape index (κ1) is 13.7. The molecule has 0 aliphatic rings. The fraction of sp³-hybridized carbons (Fsp3) is 0.308. The van der Waals surface area contributed by atoms with Crippen molar-refractivity contribution >= 4 is 11.9 Å². The summed E-state index contributed by atoms with van der Waals surface area (Å²) in [6.45, 7) is 3.75. The summed E-state index contributed by atoms with van der Waals surface area (Å²) < 4.78 is 4.99. The third-order valence-corrected chi connectivity index (χ3v) is 2.23. The summed E-state index contributed by atoms with van der Waals surface area (Å²) in [5.74, 6) is -0.965. The van der Waals surface area contributed by atoms with Gasteiger partial charge >= 0.3 is 5.97 Å². The van der Waals surface area contributed by atoms with Crippen LogP contribution in [0.25, 0.3) is 0 Å². The van der Waals surface area contributed by atoms with E-state index in [1.807, 2.05) is 6.07 Å². The highest BCUT2D eigenvalue weighted by molar-refractivity contribution is 5.92. The monoisotopic (exact) mass is 246 g/mol. The first-order chi connectivity index (χ1) is 8.58. The summed E-state index contributed by atoms with van der Waals surface area (Å²) in [6.07, 6.45) is -0.858. The number of benzene rings is 1. The zero-order chi connectivity index (χ0) is 13.5. The van der Waals surface area contributed by atoms with Crippen molar-refractivity contribution in [3.05, 3.63) is 35.4 Å². The van der Waals surface area contributed by atoms with E-state index in [1.165, 1.54) is 19.1 Å². The highest BCUT2D eigenvalue weighted by Gasteiger charge is 2.18. The van der Waals surface area contributed by atoms with Gasteiger partial charge in [0.2, 0.25) is 0 Å². The molecule has 0 aromatic heterocycles. The van der Waals surface area contributed by atoms with Crippen LogP contribution < -0.4 is 5.32 Å². The minimum Gasteiger partial charge on any atom is -0.449 e. The van der Waals surface area contributed by atoms with Gasteiger partial charge in [-0.25, -0.2) is 4.79 Å². The van der Waals surface area contributed by atoms with E-state index in [2.05, 4.69) is 5.32 Å². The largest absolute Gasteiger partial charge is 0.449 e. The summed E-state index contributed by atoms with van der Waals surface area (Å²) >= 11 is 0. The average Bonchev–Trinajstić information content (AvgIpc) is 2.39. The molecule has 0 aliphatic heterocycles. The molecule has 0 saturated heterocycles. The molecule has 0 unspecified atom stereocenters. The molecule has 0 saturated carbocycles. The fourth-order valence-electron chi connectivity index (χ4n) is 1.32. The van der Waals surface area contributed by atoms with Gasteiger partial charge in [-0.2, -0.15) is 5.26 Å². The molecule has 5 heteroatoms. The summed E-state index contributed by atoms with van der Waals surface area (Å²) in [5.41, 5.74) is 0.625. The van der Waals surface area contributed by atoms with Crippen molar-refractivity contribution < 1.29 is 14.3 Å². The van der Waals surface area contributed by atoms with E-state index in [0.29, 0.717) is 12.1 Å². The molecule has 1 N–H and O–H groups in total. The number of ether oxygens (including phenoxy) is 1. The zero-order valence-electron chi connectivity index (χ0n) is 10.3. The van der Waals surface area contributed by atoms with Gasteiger partial charge in [-0.15, -0.1) is 0 Å². The Balaban J connectivity index is 2.71. The Morgan fingerprint density at radius 3 is 2.83 bits per heavy atom. The van der Waals surface area contributed by atoms with Crippen LogP contribution in [0.1, 0.15) is 29.8 Å². The number of nitrogens with zero attached hydrogens (tertiary/aromatic N) is 1. The SMILES string of the molecule is CCNC(=O)[C@@H](C)OC(=O)c1cccc(C#N)c1. The summed E-state index contributed by atoms with van der Waals surface area (Å²) in [6, 6.07) is 8.07. The number of carbonyl (C=O) groups excluding carboxylic acids is 2. The number of hydrogen-bond acceptors (Lipinski definition) is 4. The van der Waals surface area contributed by atoms with Crippen molar-refractivity contribution in [3.8, 4) is 6.07 Å². The van der Waals surface area contributed by atoms with E-state index in [1.54, 1.807) is 19.1 Å². The van der Waals surface area contributed by atoms with Crippen molar-refractivity contribution in [2.75, 3.05) is 6.54 Å². The molecule has 0 heterocycles. The van der Waals surface area contributed by atoms with Gasteiger partial charge in [0.1, 0.15) is 0 Å². The predicted octanol–water partition coefficient (Wildman–Crippen LogP) is 1.24. The third-order valence-electron chi connectivity index (χ3n) is 2.23. The van der Waals surface area contributed by atoms with Crippen LogP contribution in [0.2, 0.25) is 0 Å². The van der Waals surface area contributed by atoms with Crippen LogP contribution in [0.15, 0.2) is 24.3 Å². The average molecular weight is 246 g/mol. The molecule has 0 spiro atoms. The molecule has 1 aromatic rings. The van der Waals surface area contributed by atoms with Gasteiger partial charge in [-0.1, -0.05) is 6.07 Å². The van der Waals surface area contributed by atoms with E-state index in [-0.39, 0.29) is 11.5 Å². The summed E-state index contributed by atoms with van der Waals surface area (Å²) in [5, 5.41) is 11.3.